The predicted octanol–water partition coefficient (Wildman–Crippen LogP) is 2.28. The number of hydrogen-bond acceptors (Lipinski definition) is 3. The fourth-order valence-corrected chi connectivity index (χ4v) is 0.992. The summed E-state index contributed by atoms with van der Waals surface area (Å²) >= 11 is 0. The number of ether oxygens (including phenoxy) is 1. The maximum absolute atomic E-state index is 11.2. The van der Waals surface area contributed by atoms with E-state index in [0.29, 0.717) is 0 Å². The first-order chi connectivity index (χ1) is 7.27. The fourth-order valence-electron chi connectivity index (χ4n) is 0.992. The molecule has 0 bridgehead atoms. The van der Waals surface area contributed by atoms with Gasteiger partial charge in [0.1, 0.15) is 11.6 Å². The zero-order valence-corrected chi connectivity index (χ0v) is 8.01. The van der Waals surface area contributed by atoms with E-state index in [9.17, 15) is 4.79 Å². The van der Waals surface area contributed by atoms with Crippen LogP contribution in [0.1, 0.15) is 5.56 Å². The van der Waals surface area contributed by atoms with Gasteiger partial charge >= 0.3 is 5.97 Å². The summed E-state index contributed by atoms with van der Waals surface area (Å²) < 4.78 is 4.50. The van der Waals surface area contributed by atoms with Crippen LogP contribution >= 0.6 is 0 Å². The van der Waals surface area contributed by atoms with E-state index >= 15 is 0 Å². The summed E-state index contributed by atoms with van der Waals surface area (Å²) in [4.78, 5) is 11.2. The first-order valence-corrected chi connectivity index (χ1v) is 4.26. The second kappa shape index (κ2) is 5.40. The lowest BCUT2D eigenvalue weighted by molar-refractivity contribution is -0.133. The van der Waals surface area contributed by atoms with Gasteiger partial charge in [0.05, 0.1) is 6.26 Å². The van der Waals surface area contributed by atoms with Crippen molar-refractivity contribution in [2.24, 2.45) is 0 Å². The van der Waals surface area contributed by atoms with Crippen molar-refractivity contribution >= 4 is 12.0 Å². The Hall–Kier alpha value is -2.34. The molecule has 15 heavy (non-hydrogen) atoms. The lowest BCUT2D eigenvalue weighted by atomic mass is 10.1. The molecule has 0 heterocycles. The highest BCUT2D eigenvalue weighted by molar-refractivity contribution is 5.98. The van der Waals surface area contributed by atoms with Gasteiger partial charge in [-0.2, -0.15) is 5.26 Å². The van der Waals surface area contributed by atoms with Crippen LogP contribution in [0.4, 0.5) is 0 Å². The Morgan fingerprint density at radius 1 is 1.40 bits per heavy atom. The van der Waals surface area contributed by atoms with Crippen molar-refractivity contribution in [1.29, 1.82) is 5.26 Å². The third-order valence-electron chi connectivity index (χ3n) is 1.64. The van der Waals surface area contributed by atoms with Crippen molar-refractivity contribution in [1.82, 2.24) is 0 Å². The minimum atomic E-state index is -0.698. The summed E-state index contributed by atoms with van der Waals surface area (Å²) in [5.74, 6) is -0.698. The van der Waals surface area contributed by atoms with Crippen LogP contribution in [-0.4, -0.2) is 5.97 Å². The third kappa shape index (κ3) is 3.12. The Morgan fingerprint density at radius 3 is 2.60 bits per heavy atom. The predicted molar refractivity (Wildman–Crippen MR) is 56.3 cm³/mol. The molecule has 0 aliphatic carbocycles. The molecule has 0 saturated carbocycles. The maximum atomic E-state index is 11.2. The summed E-state index contributed by atoms with van der Waals surface area (Å²) in [5.41, 5.74) is 0.719. The standard InChI is InChI=1S/C12H9NO2/c1-2-15-12(14)11(9-13)8-10-6-4-3-5-7-10/h2-8H,1H2. The SMILES string of the molecule is C=COC(=O)C(C#N)=Cc1ccccc1. The highest BCUT2D eigenvalue weighted by Gasteiger charge is 2.08. The molecule has 3 heteroatoms. The van der Waals surface area contributed by atoms with Crippen LogP contribution in [0.15, 0.2) is 48.7 Å². The molecule has 0 spiro atoms. The second-order valence-corrected chi connectivity index (χ2v) is 2.65. The number of nitriles is 1. The average molecular weight is 199 g/mol. The smallest absolute Gasteiger partial charge is 0.353 e. The van der Waals surface area contributed by atoms with Gasteiger partial charge < -0.3 is 4.74 Å². The van der Waals surface area contributed by atoms with Gasteiger partial charge in [-0.3, -0.25) is 0 Å². The minimum absolute atomic E-state index is 0.0545. The molecule has 0 unspecified atom stereocenters. The Morgan fingerprint density at radius 2 is 2.07 bits per heavy atom. The van der Waals surface area contributed by atoms with E-state index in [2.05, 4.69) is 11.3 Å². The molecule has 0 radical (unpaired) electrons. The van der Waals surface area contributed by atoms with E-state index in [4.69, 9.17) is 5.26 Å². The van der Waals surface area contributed by atoms with E-state index in [0.717, 1.165) is 11.8 Å². The molecular weight excluding hydrogens is 190 g/mol. The van der Waals surface area contributed by atoms with Crippen LogP contribution in [0.3, 0.4) is 0 Å². The van der Waals surface area contributed by atoms with Gasteiger partial charge in [0.15, 0.2) is 0 Å². The zero-order valence-electron chi connectivity index (χ0n) is 8.01. The van der Waals surface area contributed by atoms with Crippen molar-refractivity contribution < 1.29 is 9.53 Å². The normalized spacial score (nSPS) is 10.2. The van der Waals surface area contributed by atoms with Crippen LogP contribution in [-0.2, 0) is 9.53 Å². The molecule has 0 aliphatic rings. The number of carbonyl (C=O) groups excluding carboxylic acids is 1. The summed E-state index contributed by atoms with van der Waals surface area (Å²) in [6.07, 6.45) is 2.46. The lowest BCUT2D eigenvalue weighted by Gasteiger charge is -1.96. The van der Waals surface area contributed by atoms with Crippen molar-refractivity contribution in [3.8, 4) is 6.07 Å². The topological polar surface area (TPSA) is 50.1 Å². The van der Waals surface area contributed by atoms with E-state index in [-0.39, 0.29) is 5.57 Å². The van der Waals surface area contributed by atoms with Gasteiger partial charge in [0, 0.05) is 0 Å². The number of carbonyl (C=O) groups is 1. The molecule has 1 aromatic rings. The summed E-state index contributed by atoms with van der Waals surface area (Å²) in [6.45, 7) is 3.24. The van der Waals surface area contributed by atoms with Gasteiger partial charge in [-0.25, -0.2) is 4.79 Å². The van der Waals surface area contributed by atoms with E-state index < -0.39 is 5.97 Å². The molecule has 74 valence electrons. The van der Waals surface area contributed by atoms with E-state index in [1.807, 2.05) is 18.2 Å². The van der Waals surface area contributed by atoms with Crippen molar-refractivity contribution in [3.63, 3.8) is 0 Å². The van der Waals surface area contributed by atoms with Gasteiger partial charge in [0.25, 0.3) is 0 Å². The first kappa shape index (κ1) is 10.7. The summed E-state index contributed by atoms with van der Waals surface area (Å²) in [7, 11) is 0. The highest BCUT2D eigenvalue weighted by Crippen LogP contribution is 2.07. The number of nitrogens with zero attached hydrogens (tertiary/aromatic N) is 1. The average Bonchev–Trinajstić information content (AvgIpc) is 2.27. The van der Waals surface area contributed by atoms with Crippen molar-refractivity contribution in [2.45, 2.75) is 0 Å². The maximum Gasteiger partial charge on any atom is 0.353 e. The van der Waals surface area contributed by atoms with Gasteiger partial charge in [-0.05, 0) is 11.6 Å². The lowest BCUT2D eigenvalue weighted by Crippen LogP contribution is -2.01. The summed E-state index contributed by atoms with van der Waals surface area (Å²) in [6, 6.07) is 10.8. The number of benzene rings is 1. The molecule has 0 amide bonds. The summed E-state index contributed by atoms with van der Waals surface area (Å²) in [5, 5.41) is 8.73. The van der Waals surface area contributed by atoms with Crippen LogP contribution in [0.5, 0.6) is 0 Å². The zero-order chi connectivity index (χ0) is 11.1. The second-order valence-electron chi connectivity index (χ2n) is 2.65. The molecule has 0 saturated heterocycles. The van der Waals surface area contributed by atoms with E-state index in [1.54, 1.807) is 18.2 Å². The van der Waals surface area contributed by atoms with Gasteiger partial charge in [-0.15, -0.1) is 0 Å². The Bertz CT molecular complexity index is 427. The monoisotopic (exact) mass is 199 g/mol. The first-order valence-electron chi connectivity index (χ1n) is 4.26. The molecule has 1 aromatic carbocycles. The number of hydrogen-bond donors (Lipinski definition) is 0. The molecule has 0 N–H and O–H groups in total. The molecule has 0 atom stereocenters. The quantitative estimate of drug-likeness (QED) is 0.325. The fraction of sp³-hybridized carbons (Fsp3) is 0. The largest absolute Gasteiger partial charge is 0.431 e. The van der Waals surface area contributed by atoms with E-state index in [1.165, 1.54) is 6.08 Å². The van der Waals surface area contributed by atoms with Crippen LogP contribution in [0, 0.1) is 11.3 Å². The number of esters is 1. The van der Waals surface area contributed by atoms with Crippen LogP contribution < -0.4 is 0 Å². The molecule has 0 aliphatic heterocycles. The molecule has 1 rings (SSSR count). The Kier molecular flexibility index (Phi) is 3.87. The Balaban J connectivity index is 2.94. The third-order valence-corrected chi connectivity index (χ3v) is 1.64. The molecule has 0 fully saturated rings. The molecule has 0 aromatic heterocycles. The van der Waals surface area contributed by atoms with Gasteiger partial charge in [0.2, 0.25) is 0 Å². The van der Waals surface area contributed by atoms with Crippen molar-refractivity contribution in [3.05, 3.63) is 54.3 Å². The molecule has 3 nitrogen and oxygen atoms in total. The van der Waals surface area contributed by atoms with Crippen molar-refractivity contribution in [2.75, 3.05) is 0 Å². The number of rotatable bonds is 3. The molecular formula is C12H9NO2. The highest BCUT2D eigenvalue weighted by atomic mass is 16.5. The van der Waals surface area contributed by atoms with Crippen LogP contribution in [0.2, 0.25) is 0 Å². The van der Waals surface area contributed by atoms with Gasteiger partial charge in [-0.1, -0.05) is 36.9 Å². The minimum Gasteiger partial charge on any atom is -0.431 e. The van der Waals surface area contributed by atoms with Crippen LogP contribution in [0.25, 0.3) is 6.08 Å². The Labute approximate surface area is 87.9 Å².